The van der Waals surface area contributed by atoms with Gasteiger partial charge in [-0.15, -0.1) is 0 Å². The minimum Gasteiger partial charge on any atom is -0.465 e. The lowest BCUT2D eigenvalue weighted by Crippen LogP contribution is -2.34. The SMILES string of the molecule is CCOC(=O)C(C)(CC#N)c1c(Cl)cccc1Cl. The molecule has 0 aliphatic heterocycles. The standard InChI is InChI=1S/C13H13Cl2NO2/c1-3-18-12(17)13(2,7-8-16)11-9(14)5-4-6-10(11)15/h4-6H,3,7H2,1-2H3. The molecule has 5 heteroatoms. The average molecular weight is 286 g/mol. The fraction of sp³-hybridized carbons (Fsp3) is 0.385. The summed E-state index contributed by atoms with van der Waals surface area (Å²) in [5.74, 6) is -0.499. The average Bonchev–Trinajstić information content (AvgIpc) is 2.29. The first-order chi connectivity index (χ1) is 8.47. The predicted molar refractivity (Wildman–Crippen MR) is 70.7 cm³/mol. The summed E-state index contributed by atoms with van der Waals surface area (Å²) in [6.45, 7) is 3.56. The highest BCUT2D eigenvalue weighted by Crippen LogP contribution is 2.38. The second kappa shape index (κ2) is 6.08. The molecule has 0 heterocycles. The molecule has 0 saturated heterocycles. The van der Waals surface area contributed by atoms with Gasteiger partial charge in [0.15, 0.2) is 0 Å². The third-order valence-corrected chi connectivity index (χ3v) is 3.30. The minimum atomic E-state index is -1.15. The van der Waals surface area contributed by atoms with E-state index in [2.05, 4.69) is 0 Å². The van der Waals surface area contributed by atoms with Crippen LogP contribution in [-0.4, -0.2) is 12.6 Å². The molecule has 96 valence electrons. The molecule has 0 spiro atoms. The molecule has 0 bridgehead atoms. The van der Waals surface area contributed by atoms with Gasteiger partial charge in [-0.3, -0.25) is 4.79 Å². The van der Waals surface area contributed by atoms with E-state index < -0.39 is 11.4 Å². The van der Waals surface area contributed by atoms with Crippen LogP contribution in [0.3, 0.4) is 0 Å². The Balaban J connectivity index is 3.36. The Labute approximate surface area is 116 Å². The number of hydrogen-bond donors (Lipinski definition) is 0. The van der Waals surface area contributed by atoms with Gasteiger partial charge in [0.1, 0.15) is 5.41 Å². The summed E-state index contributed by atoms with van der Waals surface area (Å²) < 4.78 is 5.02. The second-order valence-electron chi connectivity index (χ2n) is 3.98. The summed E-state index contributed by atoms with van der Waals surface area (Å²) in [4.78, 5) is 12.1. The summed E-state index contributed by atoms with van der Waals surface area (Å²) in [6.07, 6.45) is -0.0463. The number of halogens is 2. The molecule has 18 heavy (non-hydrogen) atoms. The lowest BCUT2D eigenvalue weighted by molar-refractivity contribution is -0.149. The Kier molecular flexibility index (Phi) is 5.01. The largest absolute Gasteiger partial charge is 0.465 e. The van der Waals surface area contributed by atoms with Crippen molar-refractivity contribution in [1.82, 2.24) is 0 Å². The van der Waals surface area contributed by atoms with Gasteiger partial charge in [0.2, 0.25) is 0 Å². The Bertz CT molecular complexity index is 476. The molecule has 1 aromatic rings. The highest BCUT2D eigenvalue weighted by atomic mass is 35.5. The smallest absolute Gasteiger partial charge is 0.317 e. The van der Waals surface area contributed by atoms with Crippen LogP contribution in [0.15, 0.2) is 18.2 Å². The van der Waals surface area contributed by atoms with Crippen molar-refractivity contribution in [3.8, 4) is 6.07 Å². The van der Waals surface area contributed by atoms with Crippen molar-refractivity contribution in [2.45, 2.75) is 25.7 Å². The number of carbonyl (C=O) groups excluding carboxylic acids is 1. The quantitative estimate of drug-likeness (QED) is 0.792. The van der Waals surface area contributed by atoms with E-state index >= 15 is 0 Å². The van der Waals surface area contributed by atoms with E-state index in [1.807, 2.05) is 6.07 Å². The van der Waals surface area contributed by atoms with Crippen molar-refractivity contribution >= 4 is 29.2 Å². The van der Waals surface area contributed by atoms with Crippen molar-refractivity contribution in [3.05, 3.63) is 33.8 Å². The number of carbonyl (C=O) groups is 1. The van der Waals surface area contributed by atoms with E-state index in [-0.39, 0.29) is 13.0 Å². The van der Waals surface area contributed by atoms with Crippen LogP contribution < -0.4 is 0 Å². The molecule has 1 rings (SSSR count). The first kappa shape index (κ1) is 14.8. The van der Waals surface area contributed by atoms with E-state index in [4.69, 9.17) is 33.2 Å². The summed E-state index contributed by atoms with van der Waals surface area (Å²) >= 11 is 12.2. The molecular formula is C13H13Cl2NO2. The molecule has 0 aliphatic carbocycles. The van der Waals surface area contributed by atoms with Crippen molar-refractivity contribution in [2.24, 2.45) is 0 Å². The maximum absolute atomic E-state index is 12.1. The number of esters is 1. The minimum absolute atomic E-state index is 0.0463. The molecule has 1 aromatic carbocycles. The van der Waals surface area contributed by atoms with Gasteiger partial charge in [-0.2, -0.15) is 5.26 Å². The molecular weight excluding hydrogens is 273 g/mol. The van der Waals surface area contributed by atoms with Crippen LogP contribution in [0, 0.1) is 11.3 Å². The van der Waals surface area contributed by atoms with Crippen molar-refractivity contribution in [1.29, 1.82) is 5.26 Å². The lowest BCUT2D eigenvalue weighted by Gasteiger charge is -2.27. The van der Waals surface area contributed by atoms with Crippen LogP contribution in [0.25, 0.3) is 0 Å². The highest BCUT2D eigenvalue weighted by molar-refractivity contribution is 6.36. The van der Waals surface area contributed by atoms with Gasteiger partial charge in [-0.1, -0.05) is 29.3 Å². The second-order valence-corrected chi connectivity index (χ2v) is 4.80. The van der Waals surface area contributed by atoms with E-state index in [0.717, 1.165) is 0 Å². The lowest BCUT2D eigenvalue weighted by atomic mass is 9.80. The zero-order valence-electron chi connectivity index (χ0n) is 10.2. The van der Waals surface area contributed by atoms with E-state index in [0.29, 0.717) is 15.6 Å². The summed E-state index contributed by atoms with van der Waals surface area (Å²) in [5, 5.41) is 9.63. The first-order valence-corrected chi connectivity index (χ1v) is 6.21. The molecule has 0 N–H and O–H groups in total. The maximum Gasteiger partial charge on any atom is 0.317 e. The number of ether oxygens (including phenoxy) is 1. The van der Waals surface area contributed by atoms with Gasteiger partial charge in [0.25, 0.3) is 0 Å². The van der Waals surface area contributed by atoms with Gasteiger partial charge >= 0.3 is 5.97 Å². The molecule has 1 unspecified atom stereocenters. The van der Waals surface area contributed by atoms with E-state index in [9.17, 15) is 4.79 Å². The number of hydrogen-bond acceptors (Lipinski definition) is 3. The molecule has 0 aromatic heterocycles. The third kappa shape index (κ3) is 2.77. The van der Waals surface area contributed by atoms with E-state index in [1.165, 1.54) is 0 Å². The van der Waals surface area contributed by atoms with E-state index in [1.54, 1.807) is 32.0 Å². The van der Waals surface area contributed by atoms with Crippen molar-refractivity contribution < 1.29 is 9.53 Å². The van der Waals surface area contributed by atoms with Crippen LogP contribution in [0.4, 0.5) is 0 Å². The fourth-order valence-electron chi connectivity index (χ4n) is 1.74. The molecule has 3 nitrogen and oxygen atoms in total. The normalized spacial score (nSPS) is 13.5. The zero-order valence-corrected chi connectivity index (χ0v) is 11.7. The van der Waals surface area contributed by atoms with Crippen LogP contribution in [0.1, 0.15) is 25.8 Å². The summed E-state index contributed by atoms with van der Waals surface area (Å²) in [5.41, 5.74) is -0.714. The highest BCUT2D eigenvalue weighted by Gasteiger charge is 2.40. The van der Waals surface area contributed by atoms with Gasteiger partial charge < -0.3 is 4.74 Å². The van der Waals surface area contributed by atoms with Crippen molar-refractivity contribution in [2.75, 3.05) is 6.61 Å². The van der Waals surface area contributed by atoms with Crippen molar-refractivity contribution in [3.63, 3.8) is 0 Å². The van der Waals surface area contributed by atoms with Gasteiger partial charge in [-0.05, 0) is 26.0 Å². The first-order valence-electron chi connectivity index (χ1n) is 5.46. The molecule has 0 saturated carbocycles. The number of benzene rings is 1. The Morgan fingerprint density at radius 1 is 1.44 bits per heavy atom. The van der Waals surface area contributed by atoms with Gasteiger partial charge in [0, 0.05) is 15.6 Å². The molecule has 0 radical (unpaired) electrons. The molecule has 0 aliphatic rings. The Morgan fingerprint density at radius 3 is 2.44 bits per heavy atom. The van der Waals surface area contributed by atoms with Crippen LogP contribution >= 0.6 is 23.2 Å². The topological polar surface area (TPSA) is 50.1 Å². The van der Waals surface area contributed by atoms with Gasteiger partial charge in [-0.25, -0.2) is 0 Å². The fourth-order valence-corrected chi connectivity index (χ4v) is 2.55. The summed E-state index contributed by atoms with van der Waals surface area (Å²) in [6, 6.07) is 6.94. The molecule has 1 atom stereocenters. The third-order valence-electron chi connectivity index (χ3n) is 2.67. The van der Waals surface area contributed by atoms with Crippen LogP contribution in [0.2, 0.25) is 10.0 Å². The van der Waals surface area contributed by atoms with Crippen LogP contribution in [-0.2, 0) is 14.9 Å². The maximum atomic E-state index is 12.1. The summed E-state index contributed by atoms with van der Waals surface area (Å²) in [7, 11) is 0. The molecule has 0 amide bonds. The number of rotatable bonds is 4. The Hall–Kier alpha value is -1.24. The predicted octanol–water partition coefficient (Wildman–Crippen LogP) is 3.73. The number of nitrogens with zero attached hydrogens (tertiary/aromatic N) is 1. The Morgan fingerprint density at radius 2 is 2.00 bits per heavy atom. The number of nitriles is 1. The van der Waals surface area contributed by atoms with Crippen LogP contribution in [0.5, 0.6) is 0 Å². The van der Waals surface area contributed by atoms with Gasteiger partial charge in [0.05, 0.1) is 19.1 Å². The molecule has 0 fully saturated rings. The monoisotopic (exact) mass is 285 g/mol. The zero-order chi connectivity index (χ0) is 13.8.